The summed E-state index contributed by atoms with van der Waals surface area (Å²) in [5.74, 6) is 1.51. The van der Waals surface area contributed by atoms with Crippen molar-refractivity contribution in [2.75, 3.05) is 45.6 Å². The Bertz CT molecular complexity index is 1920. The molecular weight excluding hydrogens is 550 g/mol. The lowest BCUT2D eigenvalue weighted by molar-refractivity contribution is -0.452. The lowest BCUT2D eigenvalue weighted by atomic mass is 9.99. The number of nitrogens with zero attached hydrogens (tertiary/aromatic N) is 8. The van der Waals surface area contributed by atoms with Crippen LogP contribution in [0.15, 0.2) is 73.3 Å². The van der Waals surface area contributed by atoms with Gasteiger partial charge in [-0.2, -0.15) is 0 Å². The number of carbonyl (C=O) groups is 1. The molecule has 44 heavy (non-hydrogen) atoms. The van der Waals surface area contributed by atoms with E-state index in [1.54, 1.807) is 12.4 Å². The third-order valence-electron chi connectivity index (χ3n) is 8.05. The number of hydrogen-bond acceptors (Lipinski definition) is 7. The molecule has 6 rings (SSSR count). The van der Waals surface area contributed by atoms with Crippen LogP contribution >= 0.6 is 0 Å². The summed E-state index contributed by atoms with van der Waals surface area (Å²) in [6.07, 6.45) is 7.82. The number of fused-ring (bicyclic) bond motifs is 2. The Kier molecular flexibility index (Phi) is 8.17. The van der Waals surface area contributed by atoms with Crippen LogP contribution in [-0.2, 0) is 18.3 Å². The standard InChI is InChI=1S/C34H38N9O/c1-23-17-27(10-9-26(23)18-25-8-12-30-29(19-25)37-22-41(30)5)38-34-33-28(35-21-36-34)11-13-31(39-33)43-16-15-42(20-24(43)2)32(44)7-6-14-40(3)4/h6-13,17,19,21-22H,14-16,18,20H2,1-5H3,(H,35,36,38)/q+1/b7-6+. The van der Waals surface area contributed by atoms with E-state index in [9.17, 15) is 4.79 Å². The fourth-order valence-electron chi connectivity index (χ4n) is 5.61. The van der Waals surface area contributed by atoms with Gasteiger partial charge in [0, 0.05) is 31.4 Å². The molecule has 0 aliphatic carbocycles. The average Bonchev–Trinajstić information content (AvgIpc) is 3.38. The third-order valence-corrected chi connectivity index (χ3v) is 8.05. The van der Waals surface area contributed by atoms with Crippen LogP contribution < -0.4 is 5.32 Å². The van der Waals surface area contributed by atoms with E-state index >= 15 is 0 Å². The zero-order valence-corrected chi connectivity index (χ0v) is 25.9. The maximum Gasteiger partial charge on any atom is 0.324 e. The molecule has 0 unspecified atom stereocenters. The van der Waals surface area contributed by atoms with Gasteiger partial charge in [0.15, 0.2) is 5.82 Å². The second-order valence-corrected chi connectivity index (χ2v) is 11.7. The number of nitrogens with one attached hydrogen (secondary N) is 1. The van der Waals surface area contributed by atoms with Gasteiger partial charge in [0.05, 0.1) is 36.2 Å². The molecule has 0 atom stereocenters. The first-order chi connectivity index (χ1) is 21.2. The van der Waals surface area contributed by atoms with Crippen molar-refractivity contribution in [3.8, 4) is 0 Å². The first-order valence-electron chi connectivity index (χ1n) is 14.8. The zero-order chi connectivity index (χ0) is 30.8. The van der Waals surface area contributed by atoms with Crippen LogP contribution in [0.4, 0.5) is 17.3 Å². The molecule has 0 radical (unpaired) electrons. The quantitative estimate of drug-likeness (QED) is 0.209. The molecule has 1 amide bonds. The summed E-state index contributed by atoms with van der Waals surface area (Å²) >= 11 is 0. The van der Waals surface area contributed by atoms with E-state index in [0.29, 0.717) is 31.0 Å². The molecular formula is C34H38N9O+. The SMILES string of the molecule is CC1=[N+](c2ccc3ncnc(Nc4ccc(Cc5ccc6c(c5)ncn6C)c(C)c4)c3n2)CCN(C(=O)/C=C/CN(C)C)C1. The monoisotopic (exact) mass is 588 g/mol. The van der Waals surface area contributed by atoms with Crippen LogP contribution in [0.3, 0.4) is 0 Å². The predicted molar refractivity (Wildman–Crippen MR) is 175 cm³/mol. The molecule has 0 saturated carbocycles. The minimum Gasteiger partial charge on any atom is -0.336 e. The number of imidazole rings is 1. The number of pyridine rings is 1. The highest BCUT2D eigenvalue weighted by Gasteiger charge is 2.26. The number of rotatable bonds is 8. The first-order valence-corrected chi connectivity index (χ1v) is 14.8. The fraction of sp³-hybridized carbons (Fsp3) is 0.294. The van der Waals surface area contributed by atoms with Crippen LogP contribution in [0.2, 0.25) is 0 Å². The van der Waals surface area contributed by atoms with Crippen molar-refractivity contribution in [1.29, 1.82) is 0 Å². The molecule has 3 aromatic heterocycles. The van der Waals surface area contributed by atoms with Gasteiger partial charge in [-0.05, 0) is 86.4 Å². The number of carbonyl (C=O) groups excluding carboxylic acids is 1. The predicted octanol–water partition coefficient (Wildman–Crippen LogP) is 4.62. The highest BCUT2D eigenvalue weighted by Crippen LogP contribution is 2.27. The van der Waals surface area contributed by atoms with Crippen LogP contribution in [0.25, 0.3) is 22.1 Å². The maximum absolute atomic E-state index is 12.7. The molecule has 4 heterocycles. The minimum absolute atomic E-state index is 0.0350. The molecule has 10 nitrogen and oxygen atoms in total. The smallest absolute Gasteiger partial charge is 0.324 e. The highest BCUT2D eigenvalue weighted by atomic mass is 16.2. The second kappa shape index (κ2) is 12.3. The number of aromatic nitrogens is 5. The number of anilines is 2. The van der Waals surface area contributed by atoms with Gasteiger partial charge < -0.3 is 19.7 Å². The van der Waals surface area contributed by atoms with Crippen LogP contribution in [-0.4, -0.2) is 90.8 Å². The van der Waals surface area contributed by atoms with Crippen LogP contribution in [0.5, 0.6) is 0 Å². The molecule has 0 fully saturated rings. The lowest BCUT2D eigenvalue weighted by Gasteiger charge is -2.26. The Labute approximate surface area is 257 Å². The van der Waals surface area contributed by atoms with Gasteiger partial charge >= 0.3 is 5.82 Å². The Morgan fingerprint density at radius 3 is 2.70 bits per heavy atom. The fourth-order valence-corrected chi connectivity index (χ4v) is 5.61. The van der Waals surface area contributed by atoms with Crippen molar-refractivity contribution < 1.29 is 9.37 Å². The van der Waals surface area contributed by atoms with E-state index in [0.717, 1.165) is 46.7 Å². The molecule has 1 aliphatic heterocycles. The summed E-state index contributed by atoms with van der Waals surface area (Å²) < 4.78 is 4.21. The molecule has 0 spiro atoms. The molecule has 1 aliphatic rings. The van der Waals surface area contributed by atoms with Crippen molar-refractivity contribution in [3.63, 3.8) is 0 Å². The van der Waals surface area contributed by atoms with Gasteiger partial charge in [0.25, 0.3) is 0 Å². The van der Waals surface area contributed by atoms with Gasteiger partial charge in [-0.3, -0.25) is 4.79 Å². The van der Waals surface area contributed by atoms with Crippen molar-refractivity contribution in [1.82, 2.24) is 34.3 Å². The van der Waals surface area contributed by atoms with E-state index < -0.39 is 0 Å². The molecule has 5 aromatic rings. The van der Waals surface area contributed by atoms with Gasteiger partial charge in [0.1, 0.15) is 18.4 Å². The van der Waals surface area contributed by atoms with Crippen LogP contribution in [0, 0.1) is 6.92 Å². The van der Waals surface area contributed by atoms with Crippen molar-refractivity contribution in [3.05, 3.63) is 90.0 Å². The first kappa shape index (κ1) is 29.1. The second-order valence-electron chi connectivity index (χ2n) is 11.7. The van der Waals surface area contributed by atoms with E-state index in [4.69, 9.17) is 4.98 Å². The van der Waals surface area contributed by atoms with Gasteiger partial charge in [-0.1, -0.05) is 18.2 Å². The topological polar surface area (TPSA) is 95.1 Å². The maximum atomic E-state index is 12.7. The molecule has 10 heteroatoms. The van der Waals surface area contributed by atoms with E-state index in [2.05, 4.69) is 68.2 Å². The number of hydrogen-bond donors (Lipinski definition) is 1. The minimum atomic E-state index is 0.0350. The summed E-state index contributed by atoms with van der Waals surface area (Å²) in [4.78, 5) is 35.1. The summed E-state index contributed by atoms with van der Waals surface area (Å²) in [5, 5.41) is 3.48. The van der Waals surface area contributed by atoms with E-state index in [1.807, 2.05) is 67.0 Å². The Morgan fingerprint density at radius 2 is 1.91 bits per heavy atom. The molecule has 1 N–H and O–H groups in total. The van der Waals surface area contributed by atoms with Crippen molar-refractivity contribution in [2.24, 2.45) is 7.05 Å². The Hall–Kier alpha value is -4.96. The Balaban J connectivity index is 1.20. The Morgan fingerprint density at radius 1 is 1.05 bits per heavy atom. The van der Waals surface area contributed by atoms with Crippen LogP contribution in [0.1, 0.15) is 23.6 Å². The third kappa shape index (κ3) is 6.21. The van der Waals surface area contributed by atoms with E-state index in [-0.39, 0.29) is 5.91 Å². The molecule has 0 bridgehead atoms. The number of amides is 1. The summed E-state index contributed by atoms with van der Waals surface area (Å²) in [5.41, 5.74) is 9.31. The van der Waals surface area contributed by atoms with Crippen molar-refractivity contribution >= 4 is 51.0 Å². The summed E-state index contributed by atoms with van der Waals surface area (Å²) in [7, 11) is 5.98. The molecule has 2 aromatic carbocycles. The summed E-state index contributed by atoms with van der Waals surface area (Å²) in [6, 6.07) is 16.8. The number of benzene rings is 2. The lowest BCUT2D eigenvalue weighted by Crippen LogP contribution is -2.45. The van der Waals surface area contributed by atoms with Crippen molar-refractivity contribution in [2.45, 2.75) is 20.3 Å². The number of aryl methyl sites for hydroxylation is 2. The highest BCUT2D eigenvalue weighted by molar-refractivity contribution is 5.92. The zero-order valence-electron chi connectivity index (χ0n) is 25.9. The van der Waals surface area contributed by atoms with Gasteiger partial charge in [0.2, 0.25) is 11.4 Å². The summed E-state index contributed by atoms with van der Waals surface area (Å²) in [6.45, 7) is 6.77. The average molecular weight is 589 g/mol. The van der Waals surface area contributed by atoms with Gasteiger partial charge in [-0.15, -0.1) is 0 Å². The number of likely N-dealkylation sites (N-methyl/N-ethyl adjacent to an activating group) is 1. The van der Waals surface area contributed by atoms with E-state index in [1.165, 1.54) is 16.7 Å². The molecule has 0 saturated heterocycles. The largest absolute Gasteiger partial charge is 0.336 e. The van der Waals surface area contributed by atoms with Gasteiger partial charge in [-0.25, -0.2) is 19.5 Å². The molecule has 224 valence electrons. The normalized spacial score (nSPS) is 14.0.